The van der Waals surface area contributed by atoms with Crippen molar-refractivity contribution in [2.24, 2.45) is 0 Å². The van der Waals surface area contributed by atoms with Crippen molar-refractivity contribution in [1.82, 2.24) is 56.5 Å². The summed E-state index contributed by atoms with van der Waals surface area (Å²) in [6.07, 6.45) is 16.4. The van der Waals surface area contributed by atoms with Crippen molar-refractivity contribution in [2.75, 3.05) is 25.4 Å². The first-order valence-electron chi connectivity index (χ1n) is 25.4. The molecule has 3 aromatic heterocycles. The molecule has 5 amide bonds. The molecule has 2 aliphatic heterocycles. The smallest absolute Gasteiger partial charge is 0.315 e. The second-order valence-electron chi connectivity index (χ2n) is 19.3. The Hall–Kier alpha value is -7.09. The van der Waals surface area contributed by atoms with Gasteiger partial charge in [-0.2, -0.15) is 11.8 Å². The van der Waals surface area contributed by atoms with Crippen LogP contribution >= 0.6 is 11.8 Å². The number of thioether (sulfide) groups is 1. The van der Waals surface area contributed by atoms with Crippen molar-refractivity contribution in [1.29, 1.82) is 0 Å². The molecule has 5 heterocycles. The standard InChI is InChI=1S/C53H67N11O8S/c1-53(2,51-57-38(33-72-51)30-41-50(70)58-40(49(69)59-41)29-35-16-14-19-37(28-35)48(68)36-17-6-3-7-18-36)31-39-32-64(63-62-39)27-15-26-56-45(66)22-9-5-12-24-54-44(65)21-8-4-13-25-55-46(67)23-11-10-20-43-47-42(34-73-43)60-52(71)61-47/h3,6-7,14,16-19,28-30,32-33,42-43,47H,4-5,8-13,15,20-27,31,34H2,1-2H3,(H,54,65)(H,55,67)(H,56,66)(H,58,70)(H,59,69)(H2,60,61,71)/b40-29+,41-30+/t42-,43-,47-/m0/s1. The molecular weight excluding hydrogens is 951 g/mol. The molecule has 19 nitrogen and oxygen atoms in total. The second kappa shape index (κ2) is 26.6. The van der Waals surface area contributed by atoms with Crippen LogP contribution in [0.2, 0.25) is 0 Å². The number of carbonyl (C=O) groups excluding carboxylic acids is 5. The summed E-state index contributed by atoms with van der Waals surface area (Å²) < 4.78 is 7.55. The van der Waals surface area contributed by atoms with E-state index in [0.29, 0.717) is 91.8 Å². The third-order valence-corrected chi connectivity index (χ3v) is 14.4. The number of fused-ring (bicyclic) bond motifs is 1. The zero-order chi connectivity index (χ0) is 51.6. The largest absolute Gasteiger partial charge is 0.448 e. The normalized spacial score (nSPS) is 16.7. The van der Waals surface area contributed by atoms with E-state index in [1.165, 1.54) is 18.4 Å². The number of nitrogens with zero attached hydrogens (tertiary/aromatic N) is 4. The van der Waals surface area contributed by atoms with E-state index < -0.39 is 16.5 Å². The first-order valence-corrected chi connectivity index (χ1v) is 26.4. The van der Waals surface area contributed by atoms with Gasteiger partial charge in [-0.15, -0.1) is 5.10 Å². The molecule has 7 rings (SSSR count). The number of unbranched alkanes of at least 4 members (excludes halogenated alkanes) is 5. The second-order valence-corrected chi connectivity index (χ2v) is 20.6. The zero-order valence-electron chi connectivity index (χ0n) is 41.6. The summed E-state index contributed by atoms with van der Waals surface area (Å²) in [6, 6.07) is 16.1. The zero-order valence-corrected chi connectivity index (χ0v) is 42.5. The van der Waals surface area contributed by atoms with Gasteiger partial charge in [0.1, 0.15) is 22.7 Å². The molecule has 0 saturated carbocycles. The lowest BCUT2D eigenvalue weighted by Gasteiger charge is -2.18. The van der Waals surface area contributed by atoms with E-state index in [9.17, 15) is 33.6 Å². The van der Waals surface area contributed by atoms with E-state index in [-0.39, 0.29) is 52.3 Å². The van der Waals surface area contributed by atoms with Crippen LogP contribution in [0.3, 0.4) is 0 Å². The molecule has 20 heteroatoms. The number of rotatable bonds is 28. The number of aromatic amines is 2. The number of aryl methyl sites for hydroxylation is 1. The molecule has 2 aliphatic rings. The molecular formula is C53H67N11O8S. The Morgan fingerprint density at radius 2 is 1.38 bits per heavy atom. The number of carbonyl (C=O) groups is 5. The van der Waals surface area contributed by atoms with Gasteiger partial charge in [-0.05, 0) is 68.7 Å². The van der Waals surface area contributed by atoms with Gasteiger partial charge in [0, 0.05) is 85.6 Å². The average Bonchev–Trinajstić information content (AvgIpc) is 4.20. The van der Waals surface area contributed by atoms with Crippen LogP contribution in [-0.2, 0) is 32.8 Å². The van der Waals surface area contributed by atoms with Gasteiger partial charge in [-0.3, -0.25) is 33.4 Å². The number of H-pyrrole nitrogens is 2. The number of oxazole rings is 1. The topological polar surface area (TPSA) is 268 Å². The summed E-state index contributed by atoms with van der Waals surface area (Å²) in [7, 11) is 0. The number of amides is 5. The Balaban J connectivity index is 0.714. The fourth-order valence-corrected chi connectivity index (χ4v) is 10.4. The van der Waals surface area contributed by atoms with Crippen LogP contribution in [0.5, 0.6) is 0 Å². The van der Waals surface area contributed by atoms with E-state index in [1.807, 2.05) is 37.9 Å². The lowest BCUT2D eigenvalue weighted by molar-refractivity contribution is -0.122. The molecule has 0 aliphatic carbocycles. The van der Waals surface area contributed by atoms with Crippen molar-refractivity contribution < 1.29 is 28.4 Å². The Morgan fingerprint density at radius 1 is 0.753 bits per heavy atom. The molecule has 0 unspecified atom stereocenters. The number of benzene rings is 2. The van der Waals surface area contributed by atoms with Gasteiger partial charge in [0.05, 0.1) is 17.8 Å². The molecule has 7 N–H and O–H groups in total. The summed E-state index contributed by atoms with van der Waals surface area (Å²) in [5.74, 6) is 1.28. The summed E-state index contributed by atoms with van der Waals surface area (Å²) in [4.78, 5) is 97.3. The van der Waals surface area contributed by atoms with Gasteiger partial charge in [-0.25, -0.2) is 9.78 Å². The Kier molecular flexibility index (Phi) is 19.5. The monoisotopic (exact) mass is 1020 g/mol. The molecule has 2 aromatic carbocycles. The van der Waals surface area contributed by atoms with Crippen molar-refractivity contribution >= 4 is 53.4 Å². The number of aromatic nitrogens is 6. The van der Waals surface area contributed by atoms with E-state index >= 15 is 0 Å². The molecule has 0 radical (unpaired) electrons. The molecule has 73 heavy (non-hydrogen) atoms. The van der Waals surface area contributed by atoms with Gasteiger partial charge >= 0.3 is 6.03 Å². The number of hydrogen-bond donors (Lipinski definition) is 7. The molecule has 5 aromatic rings. The van der Waals surface area contributed by atoms with Gasteiger partial charge in [0.15, 0.2) is 5.78 Å². The average molecular weight is 1020 g/mol. The first kappa shape index (κ1) is 53.7. The molecule has 3 atom stereocenters. The SMILES string of the molecule is CC(C)(Cc1cn(CCCNC(=O)CCCCCNC(=O)CCCCCNC(=O)CCCC[C@@H]2SC[C@@H]3NC(=O)N[C@@H]32)nn1)c1nc(/C=c2/[nH]c(=O)/c(=C\c3cccc(C(=O)c4ccccc4)c3)[nH]c2=O)co1. The van der Waals surface area contributed by atoms with Gasteiger partial charge in [0.25, 0.3) is 11.1 Å². The van der Waals surface area contributed by atoms with Crippen molar-refractivity contribution in [3.63, 3.8) is 0 Å². The number of hydrogen-bond acceptors (Lipinski definition) is 12. The van der Waals surface area contributed by atoms with Crippen LogP contribution in [-0.4, -0.2) is 102 Å². The minimum atomic E-state index is -0.595. The molecule has 0 spiro atoms. The van der Waals surface area contributed by atoms with Crippen molar-refractivity contribution in [3.05, 3.63) is 132 Å². The maximum atomic E-state index is 13.1. The molecule has 2 saturated heterocycles. The fraction of sp³-hybridized carbons (Fsp3) is 0.472. The predicted octanol–water partition coefficient (Wildman–Crippen LogP) is 3.64. The first-order chi connectivity index (χ1) is 35.3. The fourth-order valence-electron chi connectivity index (χ4n) is 8.90. The van der Waals surface area contributed by atoms with E-state index in [1.54, 1.807) is 53.2 Å². The third-order valence-electron chi connectivity index (χ3n) is 12.9. The maximum Gasteiger partial charge on any atom is 0.315 e. The molecule has 0 bridgehead atoms. The summed E-state index contributed by atoms with van der Waals surface area (Å²) in [5, 5.41) is 23.9. The number of nitrogens with one attached hydrogen (secondary N) is 7. The van der Waals surface area contributed by atoms with E-state index in [2.05, 4.69) is 51.8 Å². The minimum Gasteiger partial charge on any atom is -0.448 e. The highest BCUT2D eigenvalue weighted by Gasteiger charge is 2.42. The van der Waals surface area contributed by atoms with Crippen LogP contribution in [0, 0.1) is 0 Å². The van der Waals surface area contributed by atoms with E-state index in [0.717, 1.165) is 69.2 Å². The molecule has 388 valence electrons. The van der Waals surface area contributed by atoms with Gasteiger partial charge in [-0.1, -0.05) is 86.9 Å². The van der Waals surface area contributed by atoms with Crippen LogP contribution in [0.4, 0.5) is 4.79 Å². The number of urea groups is 1. The Bertz CT molecular complexity index is 2930. The quantitative estimate of drug-likeness (QED) is 0.0215. The minimum absolute atomic E-state index is 0.00138. The third kappa shape index (κ3) is 16.5. The highest BCUT2D eigenvalue weighted by Crippen LogP contribution is 2.33. The van der Waals surface area contributed by atoms with Crippen molar-refractivity contribution in [2.45, 2.75) is 133 Å². The van der Waals surface area contributed by atoms with Crippen LogP contribution in [0.15, 0.2) is 81.1 Å². The lowest BCUT2D eigenvalue weighted by Crippen LogP contribution is -2.46. The number of ketones is 1. The van der Waals surface area contributed by atoms with Crippen molar-refractivity contribution in [3.8, 4) is 0 Å². The maximum absolute atomic E-state index is 13.1. The highest BCUT2D eigenvalue weighted by molar-refractivity contribution is 8.00. The van der Waals surface area contributed by atoms with Gasteiger partial charge < -0.3 is 41.0 Å². The highest BCUT2D eigenvalue weighted by atomic mass is 32.2. The van der Waals surface area contributed by atoms with Gasteiger partial charge in [0.2, 0.25) is 23.6 Å². The Labute approximate surface area is 427 Å². The van der Waals surface area contributed by atoms with E-state index in [4.69, 9.17) is 4.42 Å². The summed E-state index contributed by atoms with van der Waals surface area (Å²) in [6.45, 7) is 6.17. The molecule has 2 fully saturated rings. The predicted molar refractivity (Wildman–Crippen MR) is 278 cm³/mol. The summed E-state index contributed by atoms with van der Waals surface area (Å²) >= 11 is 1.89. The van der Waals surface area contributed by atoms with Crippen LogP contribution in [0.25, 0.3) is 12.2 Å². The lowest BCUT2D eigenvalue weighted by atomic mass is 9.88. The van der Waals surface area contributed by atoms with Crippen LogP contribution in [0.1, 0.15) is 136 Å². The summed E-state index contributed by atoms with van der Waals surface area (Å²) in [5.41, 5.74) is 0.992. The Morgan fingerprint density at radius 3 is 2.07 bits per heavy atom. The van der Waals surface area contributed by atoms with Crippen LogP contribution < -0.4 is 48.4 Å².